The first-order valence-electron chi connectivity index (χ1n) is 11.5. The molecular weight excluding hydrogens is 597 g/mol. The lowest BCUT2D eigenvalue weighted by atomic mass is 10.1. The van der Waals surface area contributed by atoms with Crippen LogP contribution in [0.15, 0.2) is 79.4 Å². The summed E-state index contributed by atoms with van der Waals surface area (Å²) in [4.78, 5) is 12.5. The van der Waals surface area contributed by atoms with Crippen LogP contribution in [-0.2, 0) is 35.4 Å². The van der Waals surface area contributed by atoms with Gasteiger partial charge in [0.05, 0.1) is 12.2 Å². The number of imidazole rings is 1. The van der Waals surface area contributed by atoms with E-state index in [1.54, 1.807) is 64.3 Å². The molecule has 3 aromatic carbocycles. The number of carbonyl (C=O) groups excluding carboxylic acids is 1. The van der Waals surface area contributed by atoms with Crippen molar-refractivity contribution < 1.29 is 27.3 Å². The van der Waals surface area contributed by atoms with Gasteiger partial charge in [0.1, 0.15) is 25.0 Å². The summed E-state index contributed by atoms with van der Waals surface area (Å²) in [6.07, 6.45) is 0.0783. The van der Waals surface area contributed by atoms with E-state index >= 15 is 0 Å². The Morgan fingerprint density at radius 1 is 0.974 bits per heavy atom. The summed E-state index contributed by atoms with van der Waals surface area (Å²) in [6, 6.07) is 14.7. The number of hydrogen-bond donors (Lipinski definition) is 1. The summed E-state index contributed by atoms with van der Waals surface area (Å²) in [5, 5.41) is 4.38. The van der Waals surface area contributed by atoms with Crippen molar-refractivity contribution in [2.45, 2.75) is 32.0 Å². The molecule has 12 heteroatoms. The van der Waals surface area contributed by atoms with Gasteiger partial charge in [-0.1, -0.05) is 64.6 Å². The predicted octanol–water partition coefficient (Wildman–Crippen LogP) is 8.00. The van der Waals surface area contributed by atoms with Crippen molar-refractivity contribution in [1.82, 2.24) is 4.57 Å². The van der Waals surface area contributed by atoms with E-state index in [1.807, 2.05) is 0 Å². The predicted molar refractivity (Wildman–Crippen MR) is 145 cm³/mol. The zero-order valence-electron chi connectivity index (χ0n) is 20.1. The number of benzene rings is 3. The van der Waals surface area contributed by atoms with Crippen LogP contribution in [0.25, 0.3) is 0 Å². The van der Waals surface area contributed by atoms with E-state index in [0.717, 1.165) is 17.7 Å². The summed E-state index contributed by atoms with van der Waals surface area (Å²) in [6.45, 7) is 0.395. The van der Waals surface area contributed by atoms with Crippen molar-refractivity contribution in [2.24, 2.45) is 0 Å². The number of ether oxygens (including phenoxy) is 1. The maximum Gasteiger partial charge on any atom is 0.416 e. The minimum Gasteiger partial charge on any atom is -0.365 e. The highest BCUT2D eigenvalue weighted by Crippen LogP contribution is 2.32. The van der Waals surface area contributed by atoms with E-state index in [0.29, 0.717) is 32.2 Å². The maximum absolute atomic E-state index is 13.0. The third kappa shape index (κ3) is 8.13. The number of amides is 1. The molecule has 0 saturated heterocycles. The maximum atomic E-state index is 13.0. The van der Waals surface area contributed by atoms with Crippen LogP contribution in [0.2, 0.25) is 20.1 Å². The molecule has 0 saturated carbocycles. The van der Waals surface area contributed by atoms with Crippen LogP contribution in [0.1, 0.15) is 22.8 Å². The molecule has 0 aliphatic rings. The van der Waals surface area contributed by atoms with Crippen molar-refractivity contribution in [1.29, 1.82) is 0 Å². The van der Waals surface area contributed by atoms with Crippen LogP contribution in [-0.4, -0.2) is 10.5 Å². The highest BCUT2D eigenvalue weighted by atomic mass is 35.5. The third-order valence-electron chi connectivity index (χ3n) is 5.69. The van der Waals surface area contributed by atoms with Gasteiger partial charge in [0, 0.05) is 31.3 Å². The molecule has 1 amide bonds. The average Bonchev–Trinajstić information content (AvgIpc) is 3.29. The normalized spacial score (nSPS) is 12.4. The molecule has 4 rings (SSSR count). The Morgan fingerprint density at radius 3 is 2.38 bits per heavy atom. The Hall–Kier alpha value is -2.75. The molecule has 4 aromatic rings. The molecule has 39 heavy (non-hydrogen) atoms. The topological polar surface area (TPSA) is 47.1 Å². The Bertz CT molecular complexity index is 1480. The van der Waals surface area contributed by atoms with E-state index in [9.17, 15) is 18.0 Å². The summed E-state index contributed by atoms with van der Waals surface area (Å²) in [5.74, 6) is -0.483. The SMILES string of the molecule is O=C(C[n+]1ccn(CC(OCc2ccc(Cl)cc2Cl)c2ccc(Cl)cc2Cl)c1)Nc1cccc(C(F)(F)F)c1. The van der Waals surface area contributed by atoms with Gasteiger partial charge in [0.2, 0.25) is 6.33 Å². The number of rotatable bonds is 9. The van der Waals surface area contributed by atoms with Crippen LogP contribution in [0.3, 0.4) is 0 Å². The number of alkyl halides is 3. The number of halogens is 7. The largest absolute Gasteiger partial charge is 0.416 e. The first-order chi connectivity index (χ1) is 18.5. The van der Waals surface area contributed by atoms with Crippen molar-refractivity contribution in [2.75, 3.05) is 5.32 Å². The molecule has 204 valence electrons. The standard InChI is InChI=1S/C27H20Cl4F3N3O2/c28-19-5-4-17(23(30)11-19)15-39-25(22-7-6-20(29)12-24(22)31)13-36-8-9-37(16-36)14-26(38)35-21-3-1-2-18(10-21)27(32,33)34/h1-12,16,25H,13-15H2/p+1. The van der Waals surface area contributed by atoms with Gasteiger partial charge in [-0.25, -0.2) is 9.13 Å². The Balaban J connectivity index is 1.46. The third-order valence-corrected chi connectivity index (χ3v) is 6.84. The molecule has 1 heterocycles. The number of hydrogen-bond acceptors (Lipinski definition) is 2. The van der Waals surface area contributed by atoms with Crippen molar-refractivity contribution in [3.63, 3.8) is 0 Å². The number of carbonyl (C=O) groups is 1. The molecule has 0 spiro atoms. The fraction of sp³-hybridized carbons (Fsp3) is 0.185. The highest BCUT2D eigenvalue weighted by Gasteiger charge is 2.30. The first kappa shape index (κ1) is 29.2. The monoisotopic (exact) mass is 616 g/mol. The smallest absolute Gasteiger partial charge is 0.365 e. The zero-order chi connectivity index (χ0) is 28.2. The first-order valence-corrected chi connectivity index (χ1v) is 13.0. The zero-order valence-corrected chi connectivity index (χ0v) is 23.1. The van der Waals surface area contributed by atoms with Gasteiger partial charge in [-0.15, -0.1) is 0 Å². The van der Waals surface area contributed by atoms with Gasteiger partial charge < -0.3 is 10.1 Å². The second-order valence-corrected chi connectivity index (χ2v) is 10.3. The average molecular weight is 618 g/mol. The van der Waals surface area contributed by atoms with E-state index in [1.165, 1.54) is 12.1 Å². The molecule has 0 aliphatic carbocycles. The number of nitrogens with one attached hydrogen (secondary N) is 1. The molecule has 1 atom stereocenters. The van der Waals surface area contributed by atoms with Crippen LogP contribution >= 0.6 is 46.4 Å². The van der Waals surface area contributed by atoms with Crippen molar-refractivity contribution in [3.8, 4) is 0 Å². The van der Waals surface area contributed by atoms with Crippen LogP contribution in [0, 0.1) is 0 Å². The van der Waals surface area contributed by atoms with Crippen molar-refractivity contribution >= 4 is 58.0 Å². The molecule has 0 aliphatic heterocycles. The minimum absolute atomic E-state index is 0.0570. The summed E-state index contributed by atoms with van der Waals surface area (Å²) >= 11 is 24.8. The second-order valence-electron chi connectivity index (χ2n) is 8.61. The summed E-state index contributed by atoms with van der Waals surface area (Å²) < 4.78 is 48.5. The molecule has 1 aromatic heterocycles. The van der Waals surface area contributed by atoms with Gasteiger partial charge in [0.15, 0.2) is 6.54 Å². The van der Waals surface area contributed by atoms with E-state index in [-0.39, 0.29) is 18.8 Å². The molecule has 5 nitrogen and oxygen atoms in total. The van der Waals surface area contributed by atoms with E-state index < -0.39 is 23.8 Å². The lowest BCUT2D eigenvalue weighted by Gasteiger charge is -2.19. The quantitative estimate of drug-likeness (QED) is 0.193. The van der Waals surface area contributed by atoms with Crippen LogP contribution < -0.4 is 9.88 Å². The fourth-order valence-corrected chi connectivity index (χ4v) is 4.80. The van der Waals surface area contributed by atoms with E-state index in [4.69, 9.17) is 51.1 Å². The van der Waals surface area contributed by atoms with Gasteiger partial charge in [-0.2, -0.15) is 13.2 Å². The van der Waals surface area contributed by atoms with E-state index in [2.05, 4.69) is 5.32 Å². The lowest BCUT2D eigenvalue weighted by molar-refractivity contribution is -0.683. The summed E-state index contributed by atoms with van der Waals surface area (Å²) in [5.41, 5.74) is 0.658. The molecular formula is C27H21Cl4F3N3O2+. The van der Waals surface area contributed by atoms with Gasteiger partial charge in [-0.05, 0) is 48.0 Å². The number of anilines is 1. The van der Waals surface area contributed by atoms with Gasteiger partial charge in [-0.3, -0.25) is 4.79 Å². The Morgan fingerprint density at radius 2 is 1.69 bits per heavy atom. The lowest BCUT2D eigenvalue weighted by Crippen LogP contribution is -2.38. The summed E-state index contributed by atoms with van der Waals surface area (Å²) in [7, 11) is 0. The molecule has 0 bridgehead atoms. The Kier molecular flexibility index (Phi) is 9.46. The van der Waals surface area contributed by atoms with Crippen LogP contribution in [0.4, 0.5) is 18.9 Å². The minimum atomic E-state index is -4.50. The number of aromatic nitrogens is 2. The van der Waals surface area contributed by atoms with Crippen LogP contribution in [0.5, 0.6) is 0 Å². The van der Waals surface area contributed by atoms with Gasteiger partial charge >= 0.3 is 6.18 Å². The number of nitrogens with zero attached hydrogens (tertiary/aromatic N) is 2. The molecule has 0 fully saturated rings. The highest BCUT2D eigenvalue weighted by molar-refractivity contribution is 6.35. The molecule has 1 N–H and O–H groups in total. The Labute approximate surface area is 242 Å². The fourth-order valence-electron chi connectivity index (χ4n) is 3.80. The second kappa shape index (κ2) is 12.6. The van der Waals surface area contributed by atoms with Crippen molar-refractivity contribution in [3.05, 3.63) is 116 Å². The molecule has 1 unspecified atom stereocenters. The molecule has 0 radical (unpaired) electrons. The van der Waals surface area contributed by atoms with Gasteiger partial charge in [0.25, 0.3) is 5.91 Å².